The van der Waals surface area contributed by atoms with Crippen molar-refractivity contribution in [2.24, 2.45) is 5.10 Å². The SMILES string of the molecule is COc1cc(C(=O)Oc2ccc(Br)cc2/C=N\NC(=O)c2ccccc2NC(=O)c2ccc(Br)cc2)cc(OC)c1OC. The van der Waals surface area contributed by atoms with E-state index in [9.17, 15) is 14.4 Å². The lowest BCUT2D eigenvalue weighted by Crippen LogP contribution is -2.21. The van der Waals surface area contributed by atoms with Crippen molar-refractivity contribution in [2.75, 3.05) is 26.6 Å². The number of para-hydroxylation sites is 1. The molecule has 4 aromatic carbocycles. The highest BCUT2D eigenvalue weighted by molar-refractivity contribution is 9.10. The van der Waals surface area contributed by atoms with Gasteiger partial charge < -0.3 is 24.3 Å². The van der Waals surface area contributed by atoms with Crippen LogP contribution in [-0.2, 0) is 0 Å². The smallest absolute Gasteiger partial charge is 0.343 e. The lowest BCUT2D eigenvalue weighted by molar-refractivity contribution is 0.0733. The molecule has 0 aromatic heterocycles. The quantitative estimate of drug-likeness (QED) is 0.0837. The van der Waals surface area contributed by atoms with E-state index in [1.807, 2.05) is 0 Å². The first-order chi connectivity index (χ1) is 20.7. The Bertz CT molecular complexity index is 1670. The van der Waals surface area contributed by atoms with E-state index in [2.05, 4.69) is 47.7 Å². The first kappa shape index (κ1) is 31.3. The van der Waals surface area contributed by atoms with Crippen LogP contribution in [-0.4, -0.2) is 45.3 Å². The summed E-state index contributed by atoms with van der Waals surface area (Å²) >= 11 is 6.74. The fraction of sp³-hybridized carbons (Fsp3) is 0.0968. The number of hydrogen-bond donors (Lipinski definition) is 2. The van der Waals surface area contributed by atoms with Crippen molar-refractivity contribution < 1.29 is 33.3 Å². The van der Waals surface area contributed by atoms with Gasteiger partial charge in [-0.25, -0.2) is 10.2 Å². The molecule has 0 aliphatic carbocycles. The number of carbonyl (C=O) groups excluding carboxylic acids is 3. The molecule has 10 nitrogen and oxygen atoms in total. The summed E-state index contributed by atoms with van der Waals surface area (Å²) in [6.45, 7) is 0. The maximum Gasteiger partial charge on any atom is 0.343 e. The number of anilines is 1. The first-order valence-corrected chi connectivity index (χ1v) is 14.1. The van der Waals surface area contributed by atoms with Crippen LogP contribution in [0.3, 0.4) is 0 Å². The summed E-state index contributed by atoms with van der Waals surface area (Å²) in [6.07, 6.45) is 1.34. The van der Waals surface area contributed by atoms with E-state index in [4.69, 9.17) is 18.9 Å². The van der Waals surface area contributed by atoms with Gasteiger partial charge in [0.2, 0.25) is 5.75 Å². The van der Waals surface area contributed by atoms with Gasteiger partial charge >= 0.3 is 5.97 Å². The number of benzene rings is 4. The van der Waals surface area contributed by atoms with Gasteiger partial charge in [-0.05, 0) is 66.7 Å². The molecule has 12 heteroatoms. The zero-order chi connectivity index (χ0) is 30.9. The molecule has 0 spiro atoms. The highest BCUT2D eigenvalue weighted by atomic mass is 79.9. The molecule has 0 heterocycles. The average molecular weight is 711 g/mol. The maximum atomic E-state index is 13.1. The number of carbonyl (C=O) groups is 3. The van der Waals surface area contributed by atoms with Gasteiger partial charge in [-0.2, -0.15) is 5.10 Å². The number of nitrogens with one attached hydrogen (secondary N) is 2. The fourth-order valence-electron chi connectivity index (χ4n) is 3.88. The Kier molecular flexibility index (Phi) is 10.5. The molecule has 2 N–H and O–H groups in total. The van der Waals surface area contributed by atoms with Gasteiger partial charge in [0.25, 0.3) is 11.8 Å². The molecule has 0 unspecified atom stereocenters. The van der Waals surface area contributed by atoms with Crippen molar-refractivity contribution >= 4 is 61.5 Å². The summed E-state index contributed by atoms with van der Waals surface area (Å²) in [4.78, 5) is 38.8. The minimum atomic E-state index is -0.685. The summed E-state index contributed by atoms with van der Waals surface area (Å²) in [6, 6.07) is 21.3. The lowest BCUT2D eigenvalue weighted by Gasteiger charge is -2.14. The monoisotopic (exact) mass is 709 g/mol. The Morgan fingerprint density at radius 1 is 0.721 bits per heavy atom. The summed E-state index contributed by atoms with van der Waals surface area (Å²) < 4.78 is 23.1. The minimum Gasteiger partial charge on any atom is -0.493 e. The van der Waals surface area contributed by atoms with Gasteiger partial charge in [0.15, 0.2) is 11.5 Å². The molecule has 0 saturated carbocycles. The van der Waals surface area contributed by atoms with Crippen LogP contribution in [0, 0.1) is 0 Å². The van der Waals surface area contributed by atoms with Crippen molar-refractivity contribution in [3.8, 4) is 23.0 Å². The Morgan fingerprint density at radius 2 is 1.37 bits per heavy atom. The van der Waals surface area contributed by atoms with Gasteiger partial charge in [0.05, 0.1) is 44.4 Å². The Balaban J connectivity index is 1.50. The zero-order valence-electron chi connectivity index (χ0n) is 23.1. The molecule has 0 atom stereocenters. The second-order valence-electron chi connectivity index (χ2n) is 8.69. The van der Waals surface area contributed by atoms with E-state index in [1.54, 1.807) is 66.7 Å². The highest BCUT2D eigenvalue weighted by Gasteiger charge is 2.20. The number of hydrogen-bond acceptors (Lipinski definition) is 8. The third-order valence-corrected chi connectivity index (χ3v) is 6.99. The number of halogens is 2. The molecule has 0 bridgehead atoms. The molecule has 0 aliphatic heterocycles. The van der Waals surface area contributed by atoms with Crippen molar-refractivity contribution in [1.29, 1.82) is 0 Å². The Morgan fingerprint density at radius 3 is 2.02 bits per heavy atom. The van der Waals surface area contributed by atoms with Crippen LogP contribution in [0.5, 0.6) is 23.0 Å². The number of methoxy groups -OCH3 is 3. The van der Waals surface area contributed by atoms with Crippen molar-refractivity contribution in [3.05, 3.63) is 110 Å². The van der Waals surface area contributed by atoms with Crippen LogP contribution in [0.4, 0.5) is 5.69 Å². The van der Waals surface area contributed by atoms with Gasteiger partial charge in [0, 0.05) is 20.1 Å². The lowest BCUT2D eigenvalue weighted by atomic mass is 10.1. The Hall–Kier alpha value is -4.68. The van der Waals surface area contributed by atoms with Crippen LogP contribution in [0.25, 0.3) is 0 Å². The van der Waals surface area contributed by atoms with Crippen molar-refractivity contribution in [2.45, 2.75) is 0 Å². The van der Waals surface area contributed by atoms with Crippen molar-refractivity contribution in [1.82, 2.24) is 5.43 Å². The number of esters is 1. The summed E-state index contributed by atoms with van der Waals surface area (Å²) in [5, 5.41) is 6.81. The number of nitrogens with zero attached hydrogens (tertiary/aromatic N) is 1. The summed E-state index contributed by atoms with van der Waals surface area (Å²) in [7, 11) is 4.35. The third kappa shape index (κ3) is 7.79. The molecular weight excluding hydrogens is 686 g/mol. The number of ether oxygens (including phenoxy) is 4. The van der Waals surface area contributed by atoms with Crippen LogP contribution < -0.4 is 29.7 Å². The standard InChI is InChI=1S/C31H25Br2N3O7/c1-40-26-15-19(16-27(41-2)28(26)42-3)31(39)43-25-13-12-22(33)14-20(25)17-34-36-30(38)23-6-4-5-7-24(23)35-29(37)18-8-10-21(32)11-9-18/h4-17H,1-3H3,(H,35,37)(H,36,38)/b34-17-. The number of amides is 2. The van der Waals surface area contributed by atoms with Gasteiger partial charge in [-0.1, -0.05) is 44.0 Å². The molecule has 0 radical (unpaired) electrons. The maximum absolute atomic E-state index is 13.1. The molecule has 0 aliphatic rings. The fourth-order valence-corrected chi connectivity index (χ4v) is 4.52. The largest absolute Gasteiger partial charge is 0.493 e. The van der Waals surface area contributed by atoms with Crippen LogP contribution in [0.15, 0.2) is 92.9 Å². The third-order valence-electron chi connectivity index (χ3n) is 5.97. The van der Waals surface area contributed by atoms with Crippen LogP contribution >= 0.6 is 31.9 Å². The normalized spacial score (nSPS) is 10.6. The van der Waals surface area contributed by atoms with Crippen molar-refractivity contribution in [3.63, 3.8) is 0 Å². The van der Waals surface area contributed by atoms with E-state index in [0.29, 0.717) is 38.5 Å². The van der Waals surface area contributed by atoms with Gasteiger partial charge in [0.1, 0.15) is 5.75 Å². The summed E-state index contributed by atoms with van der Waals surface area (Å²) in [5.74, 6) is -0.510. The molecule has 2 amide bonds. The first-order valence-electron chi connectivity index (χ1n) is 12.5. The second-order valence-corrected chi connectivity index (χ2v) is 10.5. The number of hydrazone groups is 1. The molecule has 0 saturated heterocycles. The average Bonchev–Trinajstić information content (AvgIpc) is 3.01. The Labute approximate surface area is 264 Å². The van der Waals surface area contributed by atoms with Crippen LogP contribution in [0.2, 0.25) is 0 Å². The minimum absolute atomic E-state index is 0.162. The molecule has 0 fully saturated rings. The second kappa shape index (κ2) is 14.5. The van der Waals surface area contributed by atoms with E-state index >= 15 is 0 Å². The van der Waals surface area contributed by atoms with Crippen LogP contribution in [0.1, 0.15) is 36.6 Å². The summed E-state index contributed by atoms with van der Waals surface area (Å²) in [5.41, 5.74) is 3.95. The highest BCUT2D eigenvalue weighted by Crippen LogP contribution is 2.38. The molecule has 43 heavy (non-hydrogen) atoms. The molecular formula is C31H25Br2N3O7. The molecule has 220 valence electrons. The van der Waals surface area contributed by atoms with E-state index in [1.165, 1.54) is 39.7 Å². The van der Waals surface area contributed by atoms with Gasteiger partial charge in [-0.15, -0.1) is 0 Å². The molecule has 4 rings (SSSR count). The number of rotatable bonds is 10. The van der Waals surface area contributed by atoms with E-state index in [-0.39, 0.29) is 22.8 Å². The van der Waals surface area contributed by atoms with E-state index in [0.717, 1.165) is 4.47 Å². The topological polar surface area (TPSA) is 125 Å². The predicted octanol–water partition coefficient (Wildman–Crippen LogP) is 6.47. The van der Waals surface area contributed by atoms with Gasteiger partial charge in [-0.3, -0.25) is 9.59 Å². The van der Waals surface area contributed by atoms with E-state index < -0.39 is 11.9 Å². The molecule has 4 aromatic rings. The predicted molar refractivity (Wildman–Crippen MR) is 169 cm³/mol. The zero-order valence-corrected chi connectivity index (χ0v) is 26.3.